The van der Waals surface area contributed by atoms with Crippen LogP contribution in [-0.4, -0.2) is 3.71 Å². The van der Waals surface area contributed by atoms with Crippen molar-refractivity contribution in [1.29, 1.82) is 0 Å². The van der Waals surface area contributed by atoms with E-state index in [0.29, 0.717) is 0 Å². The minimum Gasteiger partial charge on any atom is -1.00 e. The maximum atomic E-state index is 2.99. The second-order valence-corrected chi connectivity index (χ2v) is 3.70. The van der Waals surface area contributed by atoms with Crippen molar-refractivity contribution in [2.45, 2.75) is 19.8 Å². The van der Waals surface area contributed by atoms with Crippen LogP contribution in [0, 0.1) is 12.1 Å². The zero-order valence-electron chi connectivity index (χ0n) is 9.87. The summed E-state index contributed by atoms with van der Waals surface area (Å²) in [6.45, 7) is 2.15. The average Bonchev–Trinajstić information content (AvgIpc) is 2.90. The van der Waals surface area contributed by atoms with Gasteiger partial charge in [0.15, 0.2) is 0 Å². The van der Waals surface area contributed by atoms with Gasteiger partial charge in [-0.25, -0.2) is 12.2 Å². The maximum absolute atomic E-state index is 2.99. The Kier molecular flexibility index (Phi) is 27.9. The minimum atomic E-state index is 0. The molecule has 1 aromatic rings. The predicted molar refractivity (Wildman–Crippen MR) is 63.2 cm³/mol. The molecule has 17 heavy (non-hydrogen) atoms. The summed E-state index contributed by atoms with van der Waals surface area (Å²) >= 11 is 1.54. The summed E-state index contributed by atoms with van der Waals surface area (Å²) in [5, 5.41) is 0. The first-order valence-electron chi connectivity index (χ1n) is 5.03. The molecular weight excluding hydrogens is 330 g/mol. The third kappa shape index (κ3) is 21.8. The Labute approximate surface area is 132 Å². The standard InChI is InChI=1S/C6H5.C5H5.C3H6.2ClH.Zr/c1-2-4-6-5-3-1;1-2-4-5-3-1;1-3-2;;;/h1-5H;1-3H,4H2;1H,3H2,2H3;2*1H;/q2*-1;;;;+2/p-2. The fourth-order valence-corrected chi connectivity index (χ4v) is 0.682. The van der Waals surface area contributed by atoms with Gasteiger partial charge in [-0.2, -0.15) is 42.5 Å². The molecule has 0 N–H and O–H groups in total. The van der Waals surface area contributed by atoms with E-state index in [1.165, 1.54) is 6.42 Å². The number of benzene rings is 1. The summed E-state index contributed by atoms with van der Waals surface area (Å²) in [7, 11) is 0. The molecule has 0 spiro atoms. The maximum Gasteiger partial charge on any atom is -0.109 e. The van der Waals surface area contributed by atoms with Crippen molar-refractivity contribution in [3.05, 3.63) is 60.7 Å². The Morgan fingerprint density at radius 1 is 1.18 bits per heavy atom. The van der Waals surface area contributed by atoms with Gasteiger partial charge in [0.25, 0.3) is 0 Å². The zero-order valence-corrected chi connectivity index (χ0v) is 13.8. The molecule has 0 saturated heterocycles. The van der Waals surface area contributed by atoms with Crippen molar-refractivity contribution in [3.8, 4) is 0 Å². The Morgan fingerprint density at radius 2 is 1.76 bits per heavy atom. The van der Waals surface area contributed by atoms with E-state index in [2.05, 4.69) is 28.9 Å². The van der Waals surface area contributed by atoms with Gasteiger partial charge >= 0.3 is 41.3 Å². The van der Waals surface area contributed by atoms with Gasteiger partial charge in [-0.05, 0) is 0 Å². The van der Waals surface area contributed by atoms with Crippen LogP contribution in [-0.2, 0) is 24.2 Å². The molecule has 0 heterocycles. The largest absolute Gasteiger partial charge is 1.00 e. The van der Waals surface area contributed by atoms with E-state index in [9.17, 15) is 0 Å². The molecule has 92 valence electrons. The fraction of sp³-hybridized carbons (Fsp3) is 0.214. The van der Waals surface area contributed by atoms with Crippen molar-refractivity contribution in [1.82, 2.24) is 0 Å². The van der Waals surface area contributed by atoms with Gasteiger partial charge in [-0.15, -0.1) is 6.42 Å². The predicted octanol–water partition coefficient (Wildman–Crippen LogP) is -2.45. The Bertz CT molecular complexity index is 245. The summed E-state index contributed by atoms with van der Waals surface area (Å²) in [6.07, 6.45) is 11.2. The second-order valence-electron chi connectivity index (χ2n) is 2.69. The molecule has 0 aliphatic heterocycles. The Balaban J connectivity index is -0.000000167. The molecule has 0 nitrogen and oxygen atoms in total. The van der Waals surface area contributed by atoms with E-state index >= 15 is 0 Å². The summed E-state index contributed by atoms with van der Waals surface area (Å²) in [4.78, 5) is 0. The van der Waals surface area contributed by atoms with E-state index in [4.69, 9.17) is 0 Å². The van der Waals surface area contributed by atoms with Crippen LogP contribution in [0.5, 0.6) is 0 Å². The number of hydrogen-bond donors (Lipinski definition) is 0. The van der Waals surface area contributed by atoms with E-state index in [-0.39, 0.29) is 24.8 Å². The molecule has 0 amide bonds. The van der Waals surface area contributed by atoms with Crippen LogP contribution in [0.25, 0.3) is 0 Å². The van der Waals surface area contributed by atoms with Gasteiger partial charge in [-0.1, -0.05) is 0 Å². The first-order valence-corrected chi connectivity index (χ1v) is 6.45. The monoisotopic (exact) mass is 344 g/mol. The molecule has 1 aliphatic rings. The van der Waals surface area contributed by atoms with E-state index in [1.807, 2.05) is 42.5 Å². The summed E-state index contributed by atoms with van der Waals surface area (Å²) in [5.41, 5.74) is 0. The van der Waals surface area contributed by atoms with Gasteiger partial charge in [0.1, 0.15) is 0 Å². The normalized spacial score (nSPS) is 9.59. The minimum absolute atomic E-state index is 0. The summed E-state index contributed by atoms with van der Waals surface area (Å²) in [5.74, 6) is 0. The SMILES string of the molecule is CC[CH]=[Zr+2].[C-]1=CC=CC1.[Cl-].[Cl-].[c-]1ccccc1. The molecule has 0 fully saturated rings. The molecule has 0 bridgehead atoms. The van der Waals surface area contributed by atoms with Crippen LogP contribution in [0.3, 0.4) is 0 Å². The molecule has 2 rings (SSSR count). The molecule has 1 aromatic carbocycles. The molecule has 0 atom stereocenters. The van der Waals surface area contributed by atoms with Crippen LogP contribution in [0.15, 0.2) is 48.6 Å². The van der Waals surface area contributed by atoms with Gasteiger partial charge in [0, 0.05) is 0 Å². The molecular formula is C14H16Cl2Zr-2. The fourth-order valence-electron chi connectivity index (χ4n) is 0.682. The summed E-state index contributed by atoms with van der Waals surface area (Å²) < 4.78 is 2.22. The van der Waals surface area contributed by atoms with Crippen LogP contribution >= 0.6 is 0 Å². The Hall–Kier alpha value is 0.0331. The second kappa shape index (κ2) is 21.3. The van der Waals surface area contributed by atoms with E-state index < -0.39 is 0 Å². The van der Waals surface area contributed by atoms with Gasteiger partial charge in [0.05, 0.1) is 0 Å². The van der Waals surface area contributed by atoms with Crippen molar-refractivity contribution in [2.24, 2.45) is 0 Å². The van der Waals surface area contributed by atoms with Gasteiger partial charge in [0.2, 0.25) is 0 Å². The number of halogens is 2. The molecule has 3 heteroatoms. The summed E-state index contributed by atoms with van der Waals surface area (Å²) in [6, 6.07) is 12.5. The molecule has 0 radical (unpaired) electrons. The van der Waals surface area contributed by atoms with Crippen molar-refractivity contribution in [2.75, 3.05) is 0 Å². The third-order valence-corrected chi connectivity index (χ3v) is 2.40. The van der Waals surface area contributed by atoms with Gasteiger partial charge < -0.3 is 24.8 Å². The first kappa shape index (κ1) is 22.2. The van der Waals surface area contributed by atoms with Crippen molar-refractivity contribution < 1.29 is 49.0 Å². The zero-order chi connectivity index (χ0) is 11.2. The number of rotatable bonds is 1. The molecule has 0 saturated carbocycles. The van der Waals surface area contributed by atoms with Crippen molar-refractivity contribution in [3.63, 3.8) is 0 Å². The first-order chi connectivity index (χ1) is 7.41. The van der Waals surface area contributed by atoms with Crippen LogP contribution < -0.4 is 24.8 Å². The molecule has 0 unspecified atom stereocenters. The van der Waals surface area contributed by atoms with Crippen molar-refractivity contribution >= 4 is 3.71 Å². The number of allylic oxidation sites excluding steroid dienone is 4. The van der Waals surface area contributed by atoms with Crippen LogP contribution in [0.2, 0.25) is 0 Å². The Morgan fingerprint density at radius 3 is 1.88 bits per heavy atom. The number of hydrogen-bond acceptors (Lipinski definition) is 0. The smallest absolute Gasteiger partial charge is 0.109 e. The quantitative estimate of drug-likeness (QED) is 0.495. The van der Waals surface area contributed by atoms with E-state index in [0.717, 1.165) is 6.42 Å². The van der Waals surface area contributed by atoms with Crippen LogP contribution in [0.1, 0.15) is 19.8 Å². The topological polar surface area (TPSA) is 0 Å². The third-order valence-electron chi connectivity index (χ3n) is 1.40. The van der Waals surface area contributed by atoms with Crippen LogP contribution in [0.4, 0.5) is 0 Å². The average molecular weight is 346 g/mol. The molecule has 0 aromatic heterocycles. The molecule has 1 aliphatic carbocycles. The van der Waals surface area contributed by atoms with E-state index in [1.54, 1.807) is 24.2 Å². The van der Waals surface area contributed by atoms with Gasteiger partial charge in [-0.3, -0.25) is 6.08 Å².